The fraction of sp³-hybridized carbons (Fsp3) is 0.714. The summed E-state index contributed by atoms with van der Waals surface area (Å²) in [5.41, 5.74) is -0.817. The SMILES string of the molecule is O=C=NCC1(CN=C=O)CCC(CN=C=O)(CN=C=O)CC1. The summed E-state index contributed by atoms with van der Waals surface area (Å²) in [6.45, 7) is 0.911. The van der Waals surface area contributed by atoms with E-state index in [0.29, 0.717) is 25.7 Å². The molecule has 0 heterocycles. The zero-order chi connectivity index (χ0) is 16.3. The molecule has 1 aliphatic carbocycles. The second-order valence-corrected chi connectivity index (χ2v) is 5.63. The Hall–Kier alpha value is -2.48. The lowest BCUT2D eigenvalue weighted by atomic mass is 9.63. The van der Waals surface area contributed by atoms with E-state index in [4.69, 9.17) is 0 Å². The summed E-state index contributed by atoms with van der Waals surface area (Å²) in [5, 5.41) is 0. The van der Waals surface area contributed by atoms with Gasteiger partial charge in [-0.2, -0.15) is 0 Å². The predicted octanol–water partition coefficient (Wildman–Crippen LogP) is 0.876. The third-order valence-corrected chi connectivity index (χ3v) is 4.29. The third kappa shape index (κ3) is 4.81. The number of hydrogen-bond acceptors (Lipinski definition) is 8. The molecule has 0 aromatic carbocycles. The van der Waals surface area contributed by atoms with E-state index in [-0.39, 0.29) is 26.2 Å². The molecule has 0 spiro atoms. The van der Waals surface area contributed by atoms with Crippen molar-refractivity contribution in [2.24, 2.45) is 30.8 Å². The smallest absolute Gasteiger partial charge is 0.211 e. The molecule has 1 fully saturated rings. The van der Waals surface area contributed by atoms with Gasteiger partial charge in [-0.1, -0.05) is 0 Å². The molecule has 1 rings (SSSR count). The summed E-state index contributed by atoms with van der Waals surface area (Å²) in [5.74, 6) is 0. The number of nitrogens with zero attached hydrogens (tertiary/aromatic N) is 4. The summed E-state index contributed by atoms with van der Waals surface area (Å²) >= 11 is 0. The molecule has 0 aromatic heterocycles. The second kappa shape index (κ2) is 8.73. The molecule has 8 nitrogen and oxygen atoms in total. The van der Waals surface area contributed by atoms with Gasteiger partial charge in [0.1, 0.15) is 0 Å². The van der Waals surface area contributed by atoms with Crippen molar-refractivity contribution in [3.05, 3.63) is 0 Å². The normalized spacial score (nSPS) is 26.5. The van der Waals surface area contributed by atoms with Gasteiger partial charge in [-0.25, -0.2) is 39.1 Å². The first kappa shape index (κ1) is 17.6. The molecule has 0 atom stereocenters. The van der Waals surface area contributed by atoms with Gasteiger partial charge in [-0.05, 0) is 25.7 Å². The van der Waals surface area contributed by atoms with Crippen molar-refractivity contribution >= 4 is 24.3 Å². The van der Waals surface area contributed by atoms with Gasteiger partial charge in [0.05, 0.1) is 26.2 Å². The molecular formula is C14H16N4O4. The first-order chi connectivity index (χ1) is 10.7. The number of rotatable bonds is 8. The Bertz CT molecular complexity index is 474. The molecule has 0 amide bonds. The summed E-state index contributed by atoms with van der Waals surface area (Å²) < 4.78 is 0. The van der Waals surface area contributed by atoms with E-state index in [2.05, 4.69) is 20.0 Å². The summed E-state index contributed by atoms with van der Waals surface area (Å²) in [6, 6.07) is 0. The van der Waals surface area contributed by atoms with E-state index in [1.807, 2.05) is 0 Å². The van der Waals surface area contributed by atoms with Gasteiger partial charge in [-0.3, -0.25) is 0 Å². The van der Waals surface area contributed by atoms with Crippen LogP contribution in [-0.4, -0.2) is 50.5 Å². The van der Waals surface area contributed by atoms with Gasteiger partial charge >= 0.3 is 0 Å². The van der Waals surface area contributed by atoms with E-state index < -0.39 is 10.8 Å². The molecule has 0 aromatic rings. The average Bonchev–Trinajstić information content (AvgIpc) is 2.56. The molecule has 0 unspecified atom stereocenters. The molecule has 0 aliphatic heterocycles. The zero-order valence-electron chi connectivity index (χ0n) is 12.1. The highest BCUT2D eigenvalue weighted by atomic mass is 16.1. The van der Waals surface area contributed by atoms with Gasteiger partial charge in [0.15, 0.2) is 0 Å². The van der Waals surface area contributed by atoms with Gasteiger partial charge in [0, 0.05) is 10.8 Å². The largest absolute Gasteiger partial charge is 0.234 e. The van der Waals surface area contributed by atoms with Crippen LogP contribution >= 0.6 is 0 Å². The molecule has 1 aliphatic rings. The highest BCUT2D eigenvalue weighted by Crippen LogP contribution is 2.46. The Labute approximate surface area is 127 Å². The minimum atomic E-state index is -0.409. The maximum atomic E-state index is 10.4. The van der Waals surface area contributed by atoms with Crippen LogP contribution in [-0.2, 0) is 19.2 Å². The lowest BCUT2D eigenvalue weighted by molar-refractivity contribution is 0.101. The maximum absolute atomic E-state index is 10.4. The van der Waals surface area contributed by atoms with Gasteiger partial charge in [0.25, 0.3) is 0 Å². The van der Waals surface area contributed by atoms with Crippen molar-refractivity contribution in [3.63, 3.8) is 0 Å². The fourth-order valence-corrected chi connectivity index (χ4v) is 2.84. The maximum Gasteiger partial charge on any atom is 0.234 e. The Morgan fingerprint density at radius 1 is 0.545 bits per heavy atom. The standard InChI is InChI=1S/C14H16N4O4/c19-9-15-5-13(6-16-10-20)1-2-14(4-3-13,7-17-11-21)8-18-12-22/h1-8H2. The van der Waals surface area contributed by atoms with E-state index in [1.165, 1.54) is 24.3 Å². The van der Waals surface area contributed by atoms with E-state index in [1.54, 1.807) is 0 Å². The van der Waals surface area contributed by atoms with Crippen LogP contribution in [0.4, 0.5) is 0 Å². The third-order valence-electron chi connectivity index (χ3n) is 4.29. The Morgan fingerprint density at radius 3 is 0.955 bits per heavy atom. The van der Waals surface area contributed by atoms with Gasteiger partial charge in [0.2, 0.25) is 24.3 Å². The number of hydrogen-bond donors (Lipinski definition) is 0. The van der Waals surface area contributed by atoms with Crippen molar-refractivity contribution in [3.8, 4) is 0 Å². The van der Waals surface area contributed by atoms with Crippen LogP contribution in [0.5, 0.6) is 0 Å². The molecule has 0 N–H and O–H groups in total. The van der Waals surface area contributed by atoms with Crippen molar-refractivity contribution in [1.82, 2.24) is 0 Å². The van der Waals surface area contributed by atoms with Crippen LogP contribution < -0.4 is 0 Å². The lowest BCUT2D eigenvalue weighted by Crippen LogP contribution is -2.41. The van der Waals surface area contributed by atoms with Crippen LogP contribution in [0.2, 0.25) is 0 Å². The van der Waals surface area contributed by atoms with Crippen molar-refractivity contribution < 1.29 is 19.2 Å². The van der Waals surface area contributed by atoms with Crippen LogP contribution in [0.25, 0.3) is 0 Å². The zero-order valence-corrected chi connectivity index (χ0v) is 12.1. The minimum Gasteiger partial charge on any atom is -0.211 e. The van der Waals surface area contributed by atoms with Crippen molar-refractivity contribution in [1.29, 1.82) is 0 Å². The molecule has 0 radical (unpaired) electrons. The Kier molecular flexibility index (Phi) is 6.97. The van der Waals surface area contributed by atoms with E-state index in [9.17, 15) is 19.2 Å². The van der Waals surface area contributed by atoms with Crippen LogP contribution in [0.1, 0.15) is 25.7 Å². The van der Waals surface area contributed by atoms with Crippen LogP contribution in [0.15, 0.2) is 20.0 Å². The molecule has 8 heteroatoms. The molecule has 1 saturated carbocycles. The number of aliphatic imine (C=N–C) groups is 4. The average molecular weight is 304 g/mol. The first-order valence-electron chi connectivity index (χ1n) is 6.80. The minimum absolute atomic E-state index is 0.228. The number of carbonyl (C=O) groups excluding carboxylic acids is 4. The number of isocyanates is 4. The predicted molar refractivity (Wildman–Crippen MR) is 75.3 cm³/mol. The van der Waals surface area contributed by atoms with E-state index in [0.717, 1.165) is 0 Å². The Morgan fingerprint density at radius 2 is 0.773 bits per heavy atom. The highest BCUT2D eigenvalue weighted by molar-refractivity contribution is 5.35. The van der Waals surface area contributed by atoms with Crippen LogP contribution in [0.3, 0.4) is 0 Å². The summed E-state index contributed by atoms with van der Waals surface area (Å²) in [6.07, 6.45) is 8.47. The quantitative estimate of drug-likeness (QED) is 0.488. The van der Waals surface area contributed by atoms with E-state index >= 15 is 0 Å². The second-order valence-electron chi connectivity index (χ2n) is 5.63. The monoisotopic (exact) mass is 304 g/mol. The van der Waals surface area contributed by atoms with Crippen molar-refractivity contribution in [2.75, 3.05) is 26.2 Å². The molecule has 0 bridgehead atoms. The first-order valence-corrected chi connectivity index (χ1v) is 6.80. The van der Waals surface area contributed by atoms with Crippen LogP contribution in [0, 0.1) is 10.8 Å². The Balaban J connectivity index is 2.91. The van der Waals surface area contributed by atoms with Crippen molar-refractivity contribution in [2.45, 2.75) is 25.7 Å². The summed E-state index contributed by atoms with van der Waals surface area (Å²) in [7, 11) is 0. The molecule has 116 valence electrons. The highest BCUT2D eigenvalue weighted by Gasteiger charge is 2.43. The van der Waals surface area contributed by atoms with Gasteiger partial charge < -0.3 is 0 Å². The molecular weight excluding hydrogens is 288 g/mol. The fourth-order valence-electron chi connectivity index (χ4n) is 2.84. The summed E-state index contributed by atoms with van der Waals surface area (Å²) in [4.78, 5) is 55.9. The van der Waals surface area contributed by atoms with Gasteiger partial charge in [-0.15, -0.1) is 0 Å². The topological polar surface area (TPSA) is 118 Å². The lowest BCUT2D eigenvalue weighted by Gasteiger charge is -2.43. The molecule has 0 saturated heterocycles. The molecule has 22 heavy (non-hydrogen) atoms.